The SMILES string of the molecule is CN(C)[C@H]1CCN(c2cc(C3NNC4CC(F)C(OC5(C)CC5)CC43)ncn2)C1. The highest BCUT2D eigenvalue weighted by Gasteiger charge is 2.50. The van der Waals surface area contributed by atoms with E-state index in [1.807, 2.05) is 0 Å². The molecule has 6 atom stereocenters. The maximum absolute atomic E-state index is 14.7. The van der Waals surface area contributed by atoms with Crippen LogP contribution in [0.4, 0.5) is 10.2 Å². The second-order valence-corrected chi connectivity index (χ2v) is 9.78. The van der Waals surface area contributed by atoms with Gasteiger partial charge in [-0.25, -0.2) is 19.8 Å². The van der Waals surface area contributed by atoms with Gasteiger partial charge in [0, 0.05) is 37.2 Å². The lowest BCUT2D eigenvalue weighted by molar-refractivity contribution is -0.0886. The van der Waals surface area contributed by atoms with E-state index in [2.05, 4.69) is 57.7 Å². The number of ether oxygens (including phenoxy) is 1. The van der Waals surface area contributed by atoms with E-state index in [4.69, 9.17) is 4.74 Å². The fourth-order valence-electron chi connectivity index (χ4n) is 5.14. The van der Waals surface area contributed by atoms with Crippen LogP contribution >= 0.6 is 0 Å². The molecule has 0 amide bonds. The first-order chi connectivity index (χ1) is 13.9. The molecule has 0 spiro atoms. The molecule has 7 nitrogen and oxygen atoms in total. The normalized spacial score (nSPS) is 38.4. The molecule has 2 N–H and O–H groups in total. The smallest absolute Gasteiger partial charge is 0.132 e. The highest BCUT2D eigenvalue weighted by atomic mass is 19.1. The summed E-state index contributed by atoms with van der Waals surface area (Å²) in [6.45, 7) is 4.10. The van der Waals surface area contributed by atoms with Crippen molar-refractivity contribution in [1.82, 2.24) is 25.7 Å². The average molecular weight is 405 g/mol. The molecule has 4 fully saturated rings. The second-order valence-electron chi connectivity index (χ2n) is 9.78. The first kappa shape index (κ1) is 19.6. The molecule has 4 aliphatic rings. The number of rotatable bonds is 5. The van der Waals surface area contributed by atoms with Gasteiger partial charge >= 0.3 is 0 Å². The summed E-state index contributed by atoms with van der Waals surface area (Å²) in [5, 5.41) is 0. The number of fused-ring (bicyclic) bond motifs is 1. The van der Waals surface area contributed by atoms with Gasteiger partial charge in [-0.15, -0.1) is 0 Å². The van der Waals surface area contributed by atoms with Gasteiger partial charge in [-0.05, 0) is 53.1 Å². The third kappa shape index (κ3) is 3.87. The molecule has 2 saturated carbocycles. The number of alkyl halides is 1. The van der Waals surface area contributed by atoms with E-state index in [1.165, 1.54) is 0 Å². The summed E-state index contributed by atoms with van der Waals surface area (Å²) >= 11 is 0. The molecule has 5 unspecified atom stereocenters. The zero-order valence-corrected chi connectivity index (χ0v) is 17.6. The Hall–Kier alpha value is -1.35. The molecule has 0 aromatic carbocycles. The van der Waals surface area contributed by atoms with Crippen molar-refractivity contribution in [3.8, 4) is 0 Å². The lowest BCUT2D eigenvalue weighted by atomic mass is 9.78. The summed E-state index contributed by atoms with van der Waals surface area (Å²) in [5.74, 6) is 1.26. The van der Waals surface area contributed by atoms with Crippen LogP contribution in [0.3, 0.4) is 0 Å². The van der Waals surface area contributed by atoms with Crippen LogP contribution in [0.25, 0.3) is 0 Å². The van der Waals surface area contributed by atoms with Crippen molar-refractivity contribution in [2.75, 3.05) is 32.1 Å². The molecular formula is C21H33FN6O. The van der Waals surface area contributed by atoms with Crippen molar-refractivity contribution < 1.29 is 9.13 Å². The van der Waals surface area contributed by atoms with Crippen molar-refractivity contribution in [3.05, 3.63) is 18.1 Å². The summed E-state index contributed by atoms with van der Waals surface area (Å²) in [6.07, 6.45) is 4.90. The summed E-state index contributed by atoms with van der Waals surface area (Å²) < 4.78 is 20.9. The predicted molar refractivity (Wildman–Crippen MR) is 109 cm³/mol. The Morgan fingerprint density at radius 1 is 1.24 bits per heavy atom. The standard InChI is InChI=1S/C21H33FN6O/c1-21(5-6-21)29-18-8-14-16(9-15(18)22)25-26-20(14)17-10-19(24-12-23-17)28-7-4-13(11-28)27(2)3/h10,12-16,18,20,25-26H,4-9,11H2,1-3H3/t13-,14?,15?,16?,18?,20?/m0/s1. The molecule has 5 rings (SSSR count). The molecule has 8 heteroatoms. The largest absolute Gasteiger partial charge is 0.369 e. The Morgan fingerprint density at radius 2 is 2.07 bits per heavy atom. The monoisotopic (exact) mass is 404 g/mol. The molecule has 2 saturated heterocycles. The van der Waals surface area contributed by atoms with E-state index >= 15 is 0 Å². The van der Waals surface area contributed by atoms with Crippen molar-refractivity contribution in [1.29, 1.82) is 0 Å². The van der Waals surface area contributed by atoms with Gasteiger partial charge in [0.15, 0.2) is 0 Å². The van der Waals surface area contributed by atoms with Gasteiger partial charge < -0.3 is 14.5 Å². The number of likely N-dealkylation sites (N-methyl/N-ethyl adjacent to an activating group) is 1. The first-order valence-corrected chi connectivity index (χ1v) is 11.0. The fraction of sp³-hybridized carbons (Fsp3) is 0.810. The number of anilines is 1. The predicted octanol–water partition coefficient (Wildman–Crippen LogP) is 1.82. The zero-order chi connectivity index (χ0) is 20.2. The molecule has 0 radical (unpaired) electrons. The molecule has 160 valence electrons. The van der Waals surface area contributed by atoms with Gasteiger partial charge in [0.2, 0.25) is 0 Å². The summed E-state index contributed by atoms with van der Waals surface area (Å²) in [5.41, 5.74) is 7.60. The lowest BCUT2D eigenvalue weighted by Gasteiger charge is -2.36. The van der Waals surface area contributed by atoms with Gasteiger partial charge in [0.1, 0.15) is 18.3 Å². The minimum atomic E-state index is -0.907. The van der Waals surface area contributed by atoms with Crippen LogP contribution in [-0.4, -0.2) is 72.0 Å². The van der Waals surface area contributed by atoms with Gasteiger partial charge in [0.25, 0.3) is 0 Å². The van der Waals surface area contributed by atoms with E-state index < -0.39 is 6.17 Å². The minimum Gasteiger partial charge on any atom is -0.369 e. The molecule has 0 bridgehead atoms. The molecule has 3 heterocycles. The Labute approximate surface area is 172 Å². The van der Waals surface area contributed by atoms with E-state index in [0.717, 1.165) is 50.3 Å². The van der Waals surface area contributed by atoms with E-state index in [-0.39, 0.29) is 29.7 Å². The number of halogens is 1. The van der Waals surface area contributed by atoms with E-state index in [9.17, 15) is 4.39 Å². The van der Waals surface area contributed by atoms with Gasteiger partial charge in [-0.2, -0.15) is 0 Å². The lowest BCUT2D eigenvalue weighted by Crippen LogP contribution is -2.45. The highest BCUT2D eigenvalue weighted by Crippen LogP contribution is 2.45. The average Bonchev–Trinajstić information content (AvgIpc) is 3.11. The molecule has 1 aromatic rings. The van der Waals surface area contributed by atoms with Crippen molar-refractivity contribution >= 4 is 5.82 Å². The number of hydrazine groups is 1. The van der Waals surface area contributed by atoms with Gasteiger partial charge in [-0.1, -0.05) is 0 Å². The molecule has 2 aliphatic carbocycles. The maximum Gasteiger partial charge on any atom is 0.132 e. The minimum absolute atomic E-state index is 0.0552. The maximum atomic E-state index is 14.7. The third-order valence-corrected chi connectivity index (χ3v) is 7.36. The van der Waals surface area contributed by atoms with Crippen LogP contribution in [0.15, 0.2) is 12.4 Å². The van der Waals surface area contributed by atoms with Crippen LogP contribution in [0.1, 0.15) is 50.8 Å². The number of nitrogens with zero attached hydrogens (tertiary/aromatic N) is 4. The Bertz CT molecular complexity index is 744. The number of nitrogens with one attached hydrogen (secondary N) is 2. The molecule has 29 heavy (non-hydrogen) atoms. The van der Waals surface area contributed by atoms with Crippen LogP contribution in [-0.2, 0) is 4.74 Å². The summed E-state index contributed by atoms with van der Waals surface area (Å²) in [7, 11) is 4.27. The van der Waals surface area contributed by atoms with Gasteiger partial charge in [0.05, 0.1) is 23.4 Å². The van der Waals surface area contributed by atoms with Gasteiger partial charge in [-0.3, -0.25) is 5.43 Å². The molecular weight excluding hydrogens is 371 g/mol. The Kier molecular flexibility index (Phi) is 5.01. The third-order valence-electron chi connectivity index (χ3n) is 7.36. The summed E-state index contributed by atoms with van der Waals surface area (Å²) in [6, 6.07) is 2.84. The quantitative estimate of drug-likeness (QED) is 0.776. The highest BCUT2D eigenvalue weighted by molar-refractivity contribution is 5.41. The van der Waals surface area contributed by atoms with Crippen LogP contribution < -0.4 is 15.8 Å². The fourth-order valence-corrected chi connectivity index (χ4v) is 5.14. The van der Waals surface area contributed by atoms with Crippen LogP contribution in [0.2, 0.25) is 0 Å². The van der Waals surface area contributed by atoms with Crippen molar-refractivity contribution in [2.45, 2.75) is 75.0 Å². The Morgan fingerprint density at radius 3 is 2.79 bits per heavy atom. The summed E-state index contributed by atoms with van der Waals surface area (Å²) in [4.78, 5) is 13.7. The number of aromatic nitrogens is 2. The number of hydrogen-bond donors (Lipinski definition) is 2. The molecule has 2 aliphatic heterocycles. The number of hydrogen-bond acceptors (Lipinski definition) is 7. The zero-order valence-electron chi connectivity index (χ0n) is 17.6. The molecule has 1 aromatic heterocycles. The van der Waals surface area contributed by atoms with Crippen molar-refractivity contribution in [2.24, 2.45) is 5.92 Å². The van der Waals surface area contributed by atoms with Crippen LogP contribution in [0.5, 0.6) is 0 Å². The second kappa shape index (κ2) is 7.41. The van der Waals surface area contributed by atoms with Crippen molar-refractivity contribution in [3.63, 3.8) is 0 Å². The Balaban J connectivity index is 1.31. The van der Waals surface area contributed by atoms with Crippen LogP contribution in [0, 0.1) is 5.92 Å². The van der Waals surface area contributed by atoms with E-state index in [0.29, 0.717) is 12.5 Å². The van der Waals surface area contributed by atoms with E-state index in [1.54, 1.807) is 6.33 Å². The first-order valence-electron chi connectivity index (χ1n) is 11.0. The topological polar surface area (TPSA) is 65.5 Å².